The molecule has 0 saturated carbocycles. The minimum absolute atomic E-state index is 0.0463. The zero-order valence-corrected chi connectivity index (χ0v) is 16.8. The Bertz CT molecular complexity index is 1360. The number of amides is 1. The average Bonchev–Trinajstić information content (AvgIpc) is 3.07. The zero-order valence-electron chi connectivity index (χ0n) is 15.2. The average molecular weight is 427 g/mol. The third-order valence-electron chi connectivity index (χ3n) is 4.36. The first-order valence-electron chi connectivity index (χ1n) is 8.67. The van der Waals surface area contributed by atoms with Gasteiger partial charge in [-0.1, -0.05) is 47.2 Å². The van der Waals surface area contributed by atoms with Gasteiger partial charge in [0, 0.05) is 11.2 Å². The van der Waals surface area contributed by atoms with E-state index < -0.39 is 17.2 Å². The summed E-state index contributed by atoms with van der Waals surface area (Å²) < 4.78 is 1.87. The van der Waals surface area contributed by atoms with Crippen molar-refractivity contribution in [1.29, 1.82) is 0 Å². The van der Waals surface area contributed by atoms with Gasteiger partial charge in [0.1, 0.15) is 5.56 Å². The lowest BCUT2D eigenvalue weighted by Gasteiger charge is -2.08. The van der Waals surface area contributed by atoms with Crippen LogP contribution in [0.5, 0.6) is 0 Å². The topological polar surface area (TPSA) is 96.8 Å². The number of nitrogens with zero attached hydrogens (tertiary/aromatic N) is 2. The summed E-state index contributed by atoms with van der Waals surface area (Å²) in [7, 11) is 0. The molecule has 9 heteroatoms. The van der Waals surface area contributed by atoms with Crippen LogP contribution < -0.4 is 16.6 Å². The Morgan fingerprint density at radius 1 is 1.24 bits per heavy atom. The van der Waals surface area contributed by atoms with Crippen LogP contribution >= 0.6 is 22.9 Å². The highest BCUT2D eigenvalue weighted by atomic mass is 35.5. The van der Waals surface area contributed by atoms with Crippen molar-refractivity contribution in [2.45, 2.75) is 13.5 Å². The molecule has 0 unspecified atom stereocenters. The number of H-pyrrole nitrogens is 1. The SMILES string of the molecule is Cc1ccc2nc(NC(=O)c3c[nH]c(=O)n(Cc4ccccc4Cl)c3=O)sc2c1. The van der Waals surface area contributed by atoms with Crippen LogP contribution in [0.15, 0.2) is 58.3 Å². The fourth-order valence-corrected chi connectivity index (χ4v) is 4.02. The second kappa shape index (κ2) is 7.65. The number of anilines is 1. The number of thiazole rings is 1. The van der Waals surface area contributed by atoms with Gasteiger partial charge in [0.25, 0.3) is 11.5 Å². The van der Waals surface area contributed by atoms with Crippen LogP contribution in [0.1, 0.15) is 21.5 Å². The summed E-state index contributed by atoms with van der Waals surface area (Å²) in [5.41, 5.74) is 0.925. The molecule has 0 fully saturated rings. The van der Waals surface area contributed by atoms with Crippen molar-refractivity contribution in [3.63, 3.8) is 0 Å². The maximum absolute atomic E-state index is 12.8. The maximum atomic E-state index is 12.8. The van der Waals surface area contributed by atoms with Crippen molar-refractivity contribution in [3.05, 3.63) is 91.2 Å². The summed E-state index contributed by atoms with van der Waals surface area (Å²) >= 11 is 7.44. The number of fused-ring (bicyclic) bond motifs is 1. The highest BCUT2D eigenvalue weighted by Gasteiger charge is 2.17. The number of aromatic nitrogens is 3. The van der Waals surface area contributed by atoms with Crippen molar-refractivity contribution in [2.24, 2.45) is 0 Å². The fraction of sp³-hybridized carbons (Fsp3) is 0.100. The molecule has 0 radical (unpaired) electrons. The number of carbonyl (C=O) groups is 1. The molecule has 7 nitrogen and oxygen atoms in total. The van der Waals surface area contributed by atoms with Gasteiger partial charge in [0.05, 0.1) is 16.8 Å². The van der Waals surface area contributed by atoms with Gasteiger partial charge in [0.2, 0.25) is 0 Å². The van der Waals surface area contributed by atoms with E-state index in [0.29, 0.717) is 15.7 Å². The van der Waals surface area contributed by atoms with E-state index in [9.17, 15) is 14.4 Å². The molecule has 2 aromatic heterocycles. The van der Waals surface area contributed by atoms with Crippen LogP contribution in [-0.2, 0) is 6.54 Å². The van der Waals surface area contributed by atoms with Crippen LogP contribution in [0.3, 0.4) is 0 Å². The molecule has 0 aliphatic carbocycles. The second-order valence-corrected chi connectivity index (χ2v) is 7.87. The Labute approximate surface area is 173 Å². The zero-order chi connectivity index (χ0) is 20.5. The third kappa shape index (κ3) is 3.85. The number of halogens is 1. The molecule has 4 aromatic rings. The number of hydrogen-bond donors (Lipinski definition) is 2. The molecule has 0 spiro atoms. The van der Waals surface area contributed by atoms with E-state index in [1.165, 1.54) is 11.3 Å². The number of aryl methyl sites for hydroxylation is 1. The third-order valence-corrected chi connectivity index (χ3v) is 5.66. The van der Waals surface area contributed by atoms with Crippen LogP contribution in [0, 0.1) is 6.92 Å². The Hall–Kier alpha value is -3.23. The summed E-state index contributed by atoms with van der Waals surface area (Å²) in [5, 5.41) is 3.44. The summed E-state index contributed by atoms with van der Waals surface area (Å²) in [4.78, 5) is 44.4. The monoisotopic (exact) mass is 426 g/mol. The molecule has 1 amide bonds. The molecule has 0 atom stereocenters. The van der Waals surface area contributed by atoms with Crippen LogP contribution in [0.2, 0.25) is 5.02 Å². The van der Waals surface area contributed by atoms with E-state index in [-0.39, 0.29) is 12.1 Å². The molecule has 4 rings (SSSR count). The largest absolute Gasteiger partial charge is 0.328 e. The lowest BCUT2D eigenvalue weighted by molar-refractivity contribution is 0.102. The van der Waals surface area contributed by atoms with Crippen molar-refractivity contribution in [3.8, 4) is 0 Å². The molecule has 0 saturated heterocycles. The fourth-order valence-electron chi connectivity index (χ4n) is 2.86. The van der Waals surface area contributed by atoms with E-state index in [0.717, 1.165) is 26.5 Å². The highest BCUT2D eigenvalue weighted by molar-refractivity contribution is 7.22. The van der Waals surface area contributed by atoms with Gasteiger partial charge in [-0.3, -0.25) is 19.5 Å². The van der Waals surface area contributed by atoms with Crippen LogP contribution in [0.25, 0.3) is 10.2 Å². The Morgan fingerprint density at radius 3 is 2.83 bits per heavy atom. The summed E-state index contributed by atoms with van der Waals surface area (Å²) in [5.74, 6) is -0.644. The van der Waals surface area contributed by atoms with Gasteiger partial charge in [-0.2, -0.15) is 0 Å². The number of carbonyl (C=O) groups excluding carboxylic acids is 1. The molecule has 0 aliphatic heterocycles. The molecule has 146 valence electrons. The molecule has 0 bridgehead atoms. The number of rotatable bonds is 4. The van der Waals surface area contributed by atoms with E-state index in [1.54, 1.807) is 24.3 Å². The van der Waals surface area contributed by atoms with Gasteiger partial charge in [0.15, 0.2) is 5.13 Å². The lowest BCUT2D eigenvalue weighted by atomic mass is 10.2. The number of benzene rings is 2. The van der Waals surface area contributed by atoms with E-state index in [1.807, 2.05) is 25.1 Å². The smallest absolute Gasteiger partial charge is 0.313 e. The predicted molar refractivity (Wildman–Crippen MR) is 114 cm³/mol. The molecule has 2 N–H and O–H groups in total. The molecular weight excluding hydrogens is 412 g/mol. The maximum Gasteiger partial charge on any atom is 0.328 e. The second-order valence-electron chi connectivity index (χ2n) is 6.43. The van der Waals surface area contributed by atoms with Crippen LogP contribution in [-0.4, -0.2) is 20.4 Å². The Kier molecular flexibility index (Phi) is 5.04. The van der Waals surface area contributed by atoms with Gasteiger partial charge < -0.3 is 4.98 Å². The summed E-state index contributed by atoms with van der Waals surface area (Å²) in [6.45, 7) is 1.93. The normalized spacial score (nSPS) is 11.0. The predicted octanol–water partition coefficient (Wildman–Crippen LogP) is 3.41. The Morgan fingerprint density at radius 2 is 2.03 bits per heavy atom. The first-order valence-corrected chi connectivity index (χ1v) is 9.86. The standard InChI is InChI=1S/C20H15ClN4O3S/c1-11-6-7-15-16(8-11)29-19(23-15)24-17(26)13-9-22-20(28)25(18(13)27)10-12-4-2-3-5-14(12)21/h2-9H,10H2,1H3,(H,22,28)(H,23,24,26). The minimum Gasteiger partial charge on any atom is -0.313 e. The van der Waals surface area contributed by atoms with Gasteiger partial charge in [-0.15, -0.1) is 0 Å². The van der Waals surface area contributed by atoms with Crippen LogP contribution in [0.4, 0.5) is 5.13 Å². The van der Waals surface area contributed by atoms with E-state index >= 15 is 0 Å². The van der Waals surface area contributed by atoms with Gasteiger partial charge in [-0.05, 0) is 36.2 Å². The summed E-state index contributed by atoms with van der Waals surface area (Å²) in [6.07, 6.45) is 1.11. The Balaban J connectivity index is 1.65. The van der Waals surface area contributed by atoms with E-state index in [4.69, 9.17) is 11.6 Å². The number of aromatic amines is 1. The molecule has 2 aromatic carbocycles. The lowest BCUT2D eigenvalue weighted by Crippen LogP contribution is -2.39. The quantitative estimate of drug-likeness (QED) is 0.522. The first-order chi connectivity index (χ1) is 13.9. The van der Waals surface area contributed by atoms with Crippen molar-refractivity contribution in [2.75, 3.05) is 5.32 Å². The number of hydrogen-bond acceptors (Lipinski definition) is 5. The highest BCUT2D eigenvalue weighted by Crippen LogP contribution is 2.26. The molecule has 29 heavy (non-hydrogen) atoms. The van der Waals surface area contributed by atoms with Gasteiger partial charge >= 0.3 is 5.69 Å². The minimum atomic E-state index is -0.705. The van der Waals surface area contributed by atoms with Crippen molar-refractivity contribution >= 4 is 44.2 Å². The van der Waals surface area contributed by atoms with E-state index in [2.05, 4.69) is 15.3 Å². The molecular formula is C20H15ClN4O3S. The van der Waals surface area contributed by atoms with Crippen molar-refractivity contribution in [1.82, 2.24) is 14.5 Å². The number of nitrogens with one attached hydrogen (secondary N) is 2. The molecule has 0 aliphatic rings. The van der Waals surface area contributed by atoms with Gasteiger partial charge in [-0.25, -0.2) is 9.78 Å². The first kappa shape index (κ1) is 19.1. The summed E-state index contributed by atoms with van der Waals surface area (Å²) in [6, 6.07) is 12.7. The van der Waals surface area contributed by atoms with Crippen molar-refractivity contribution < 1.29 is 4.79 Å². The molecule has 2 heterocycles.